The first kappa shape index (κ1) is 18.1. The number of halogens is 2. The predicted molar refractivity (Wildman–Crippen MR) is 95.1 cm³/mol. The Bertz CT molecular complexity index is 793. The average molecular weight is 427 g/mol. The molecule has 2 amide bonds. The molecule has 138 valence electrons. The van der Waals surface area contributed by atoms with E-state index < -0.39 is 0 Å². The largest absolute Gasteiger partial charge is 0.324 e. The van der Waals surface area contributed by atoms with Crippen molar-refractivity contribution in [2.24, 2.45) is 5.16 Å². The second-order valence-electron chi connectivity index (χ2n) is 5.53. The molecule has 1 aliphatic heterocycles. The fraction of sp³-hybridized carbons (Fsp3) is 0.333. The van der Waals surface area contributed by atoms with Crippen LogP contribution in [0.2, 0.25) is 0 Å². The first-order valence-corrected chi connectivity index (χ1v) is 8.72. The Morgan fingerprint density at radius 1 is 1.35 bits per heavy atom. The summed E-state index contributed by atoms with van der Waals surface area (Å²) in [5, 5.41) is 13.6. The van der Waals surface area contributed by atoms with Gasteiger partial charge in [-0.05, 0) is 63.7 Å². The van der Waals surface area contributed by atoms with E-state index in [9.17, 15) is 9.18 Å². The smallest absolute Gasteiger partial charge is 0.323 e. The number of carbonyl (C=O) groups is 1. The van der Waals surface area contributed by atoms with Gasteiger partial charge in [0.05, 0.1) is 10.2 Å². The van der Waals surface area contributed by atoms with Crippen molar-refractivity contribution in [2.45, 2.75) is 19.3 Å². The number of likely N-dealkylation sites (tertiary alicyclic amines) is 1. The molecule has 0 atom stereocenters. The number of aromatic nitrogens is 2. The number of rotatable bonds is 5. The minimum Gasteiger partial charge on any atom is -0.324 e. The van der Waals surface area contributed by atoms with Crippen LogP contribution < -0.4 is 10.8 Å². The molecule has 0 radical (unpaired) electrons. The summed E-state index contributed by atoms with van der Waals surface area (Å²) in [7, 11) is 0. The van der Waals surface area contributed by atoms with E-state index in [1.165, 1.54) is 24.4 Å². The van der Waals surface area contributed by atoms with Gasteiger partial charge >= 0.3 is 6.03 Å². The number of urea groups is 1. The summed E-state index contributed by atoms with van der Waals surface area (Å²) in [6.45, 7) is 1.42. The summed E-state index contributed by atoms with van der Waals surface area (Å²) in [6, 6.07) is 3.99. The van der Waals surface area contributed by atoms with Crippen molar-refractivity contribution in [3.8, 4) is 0 Å². The Morgan fingerprint density at radius 3 is 2.92 bits per heavy atom. The van der Waals surface area contributed by atoms with Gasteiger partial charge in [-0.2, -0.15) is 5.48 Å². The Labute approximate surface area is 156 Å². The molecule has 1 fully saturated rings. The zero-order valence-corrected chi connectivity index (χ0v) is 15.2. The maximum absolute atomic E-state index is 13.1. The quantitative estimate of drug-likeness (QED) is 0.560. The third-order valence-corrected chi connectivity index (χ3v) is 4.30. The van der Waals surface area contributed by atoms with Crippen molar-refractivity contribution in [2.75, 3.05) is 23.9 Å². The van der Waals surface area contributed by atoms with Crippen molar-refractivity contribution in [3.63, 3.8) is 0 Å². The lowest BCUT2D eigenvalue weighted by molar-refractivity contribution is 0.199. The van der Waals surface area contributed by atoms with Crippen LogP contribution in [0.25, 0.3) is 0 Å². The molecular formula is C15H16BrFN6O3. The van der Waals surface area contributed by atoms with Crippen LogP contribution in [0, 0.1) is 5.82 Å². The van der Waals surface area contributed by atoms with Crippen LogP contribution in [0.4, 0.5) is 20.7 Å². The topological polar surface area (TPSA) is 105 Å². The number of piperidine rings is 1. The third-order valence-electron chi connectivity index (χ3n) is 3.69. The van der Waals surface area contributed by atoms with Crippen molar-refractivity contribution < 1.29 is 18.8 Å². The van der Waals surface area contributed by atoms with Gasteiger partial charge in [0, 0.05) is 13.1 Å². The highest BCUT2D eigenvalue weighted by Gasteiger charge is 2.19. The van der Waals surface area contributed by atoms with E-state index in [-0.39, 0.29) is 23.4 Å². The van der Waals surface area contributed by atoms with Gasteiger partial charge in [0.25, 0.3) is 0 Å². The third kappa shape index (κ3) is 4.69. The SMILES string of the molecule is O=C(Nc1nonc1/C=N/ONc1ccc(F)c(Br)c1)N1CCCCC1. The van der Waals surface area contributed by atoms with Gasteiger partial charge in [0.2, 0.25) is 5.82 Å². The van der Waals surface area contributed by atoms with Gasteiger partial charge < -0.3 is 4.90 Å². The number of amides is 2. The Kier molecular flexibility index (Phi) is 6.00. The summed E-state index contributed by atoms with van der Waals surface area (Å²) in [5.74, 6) is -0.237. The Balaban J connectivity index is 1.53. The fourth-order valence-corrected chi connectivity index (χ4v) is 2.74. The average Bonchev–Trinajstić information content (AvgIpc) is 3.09. The van der Waals surface area contributed by atoms with E-state index in [0.29, 0.717) is 23.2 Å². The van der Waals surface area contributed by atoms with Gasteiger partial charge in [-0.3, -0.25) is 10.3 Å². The van der Waals surface area contributed by atoms with Crippen LogP contribution in [-0.2, 0) is 4.94 Å². The molecule has 2 aromatic rings. The zero-order chi connectivity index (χ0) is 18.4. The van der Waals surface area contributed by atoms with Crippen LogP contribution in [0.5, 0.6) is 0 Å². The number of oxime groups is 1. The maximum atomic E-state index is 13.1. The van der Waals surface area contributed by atoms with Gasteiger partial charge in [0.15, 0.2) is 5.69 Å². The molecule has 0 bridgehead atoms. The van der Waals surface area contributed by atoms with Gasteiger partial charge in [0.1, 0.15) is 12.0 Å². The summed E-state index contributed by atoms with van der Waals surface area (Å²) in [6.07, 6.45) is 4.33. The lowest BCUT2D eigenvalue weighted by Crippen LogP contribution is -2.38. The predicted octanol–water partition coefficient (Wildman–Crippen LogP) is 3.37. The fourth-order valence-electron chi connectivity index (χ4n) is 2.36. The number of benzene rings is 1. The minimum atomic E-state index is -0.387. The van der Waals surface area contributed by atoms with Crippen LogP contribution in [0.3, 0.4) is 0 Å². The van der Waals surface area contributed by atoms with Crippen molar-refractivity contribution >= 4 is 39.7 Å². The number of nitrogens with one attached hydrogen (secondary N) is 2. The highest BCUT2D eigenvalue weighted by atomic mass is 79.9. The highest BCUT2D eigenvalue weighted by molar-refractivity contribution is 9.10. The normalized spacial score (nSPS) is 14.5. The van der Waals surface area contributed by atoms with Crippen LogP contribution in [-0.4, -0.2) is 40.5 Å². The Hall–Kier alpha value is -2.69. The molecule has 1 aromatic heterocycles. The summed E-state index contributed by atoms with van der Waals surface area (Å²) < 4.78 is 18.1. The monoisotopic (exact) mass is 426 g/mol. The van der Waals surface area contributed by atoms with Gasteiger partial charge in [-0.1, -0.05) is 5.16 Å². The molecule has 1 aromatic carbocycles. The van der Waals surface area contributed by atoms with E-state index >= 15 is 0 Å². The molecule has 1 aliphatic rings. The first-order valence-electron chi connectivity index (χ1n) is 7.92. The second kappa shape index (κ2) is 8.61. The van der Waals surface area contributed by atoms with Crippen molar-refractivity contribution in [3.05, 3.63) is 34.2 Å². The molecule has 0 spiro atoms. The van der Waals surface area contributed by atoms with Crippen LogP contribution in [0.1, 0.15) is 25.0 Å². The molecule has 3 rings (SSSR count). The second-order valence-corrected chi connectivity index (χ2v) is 6.39. The van der Waals surface area contributed by atoms with E-state index in [0.717, 1.165) is 19.3 Å². The van der Waals surface area contributed by atoms with Crippen LogP contribution >= 0.6 is 15.9 Å². The highest BCUT2D eigenvalue weighted by Crippen LogP contribution is 2.20. The molecular weight excluding hydrogens is 411 g/mol. The molecule has 9 nitrogen and oxygen atoms in total. The van der Waals surface area contributed by atoms with Gasteiger partial charge in [-0.15, -0.1) is 0 Å². The summed E-state index contributed by atoms with van der Waals surface area (Å²) >= 11 is 3.07. The lowest BCUT2D eigenvalue weighted by Gasteiger charge is -2.26. The number of carbonyl (C=O) groups excluding carboxylic acids is 1. The molecule has 0 unspecified atom stereocenters. The van der Waals surface area contributed by atoms with E-state index in [1.54, 1.807) is 4.90 Å². The van der Waals surface area contributed by atoms with E-state index in [4.69, 9.17) is 4.94 Å². The molecule has 26 heavy (non-hydrogen) atoms. The minimum absolute atomic E-state index is 0.150. The molecule has 11 heteroatoms. The molecule has 0 aliphatic carbocycles. The molecule has 2 N–H and O–H groups in total. The number of hydrogen-bond acceptors (Lipinski definition) is 7. The maximum Gasteiger partial charge on any atom is 0.323 e. The molecule has 1 saturated heterocycles. The summed E-state index contributed by atoms with van der Waals surface area (Å²) in [5.41, 5.74) is 3.22. The van der Waals surface area contributed by atoms with Crippen molar-refractivity contribution in [1.82, 2.24) is 15.2 Å². The number of anilines is 2. The number of nitrogens with zero attached hydrogens (tertiary/aromatic N) is 4. The van der Waals surface area contributed by atoms with E-state index in [1.807, 2.05) is 0 Å². The zero-order valence-electron chi connectivity index (χ0n) is 13.6. The summed E-state index contributed by atoms with van der Waals surface area (Å²) in [4.78, 5) is 18.8. The van der Waals surface area contributed by atoms with Crippen LogP contribution in [0.15, 0.2) is 32.5 Å². The number of hydrogen-bond donors (Lipinski definition) is 2. The van der Waals surface area contributed by atoms with Crippen molar-refractivity contribution in [1.29, 1.82) is 0 Å². The first-order chi connectivity index (χ1) is 12.6. The van der Waals surface area contributed by atoms with Gasteiger partial charge in [-0.25, -0.2) is 13.8 Å². The Morgan fingerprint density at radius 2 is 2.15 bits per heavy atom. The standard InChI is InChI=1S/C15H16BrFN6O3/c16-11-8-10(4-5-12(11)17)20-25-18-9-13-14(22-26-21-13)19-15(24)23-6-2-1-3-7-23/h4-5,8-9,20H,1-3,6-7H2,(H,19,22,24)/b18-9+. The molecule has 2 heterocycles. The van der Waals surface area contributed by atoms with E-state index in [2.05, 4.69) is 46.8 Å². The lowest BCUT2D eigenvalue weighted by atomic mass is 10.1. The molecule has 0 saturated carbocycles.